The molecule has 0 spiro atoms. The molecule has 2 saturated heterocycles. The standard InChI is InChI=1S/C17H25N3O2/c21-17(22-14-15-5-2-1-3-6-15)20-11-9-19(10-12-20)16-7-4-8-18-13-16/h1-3,5-6,16,18H,4,7-14H2. The van der Waals surface area contributed by atoms with Crippen LogP contribution in [0.15, 0.2) is 30.3 Å². The number of nitrogens with one attached hydrogen (secondary N) is 1. The van der Waals surface area contributed by atoms with E-state index < -0.39 is 0 Å². The van der Waals surface area contributed by atoms with E-state index in [9.17, 15) is 4.79 Å². The summed E-state index contributed by atoms with van der Waals surface area (Å²) in [6.45, 7) is 6.01. The van der Waals surface area contributed by atoms with Gasteiger partial charge >= 0.3 is 6.09 Å². The summed E-state index contributed by atoms with van der Waals surface area (Å²) in [5, 5.41) is 3.46. The van der Waals surface area contributed by atoms with E-state index in [1.54, 1.807) is 0 Å². The number of benzene rings is 1. The molecule has 3 rings (SSSR count). The highest BCUT2D eigenvalue weighted by Gasteiger charge is 2.27. The lowest BCUT2D eigenvalue weighted by atomic mass is 10.1. The Balaban J connectivity index is 1.41. The lowest BCUT2D eigenvalue weighted by Crippen LogP contribution is -2.55. The predicted molar refractivity (Wildman–Crippen MR) is 85.7 cm³/mol. The molecule has 0 aromatic heterocycles. The van der Waals surface area contributed by atoms with E-state index in [1.807, 2.05) is 35.2 Å². The van der Waals surface area contributed by atoms with Crippen molar-refractivity contribution < 1.29 is 9.53 Å². The van der Waals surface area contributed by atoms with Crippen molar-refractivity contribution in [1.29, 1.82) is 0 Å². The molecule has 1 amide bonds. The Labute approximate surface area is 132 Å². The minimum absolute atomic E-state index is 0.190. The van der Waals surface area contributed by atoms with Crippen LogP contribution in [0.3, 0.4) is 0 Å². The number of piperazine rings is 1. The van der Waals surface area contributed by atoms with Crippen LogP contribution in [0.4, 0.5) is 4.79 Å². The Kier molecular flexibility index (Phi) is 5.29. The first-order valence-electron chi connectivity index (χ1n) is 8.23. The molecule has 120 valence electrons. The van der Waals surface area contributed by atoms with Crippen LogP contribution in [0.2, 0.25) is 0 Å². The molecular weight excluding hydrogens is 278 g/mol. The quantitative estimate of drug-likeness (QED) is 0.923. The van der Waals surface area contributed by atoms with Gasteiger partial charge in [0.25, 0.3) is 0 Å². The van der Waals surface area contributed by atoms with E-state index in [2.05, 4.69) is 10.2 Å². The minimum atomic E-state index is -0.190. The number of ether oxygens (including phenoxy) is 1. The van der Waals surface area contributed by atoms with Crippen LogP contribution in [0, 0.1) is 0 Å². The Morgan fingerprint density at radius 3 is 2.64 bits per heavy atom. The predicted octanol–water partition coefficient (Wildman–Crippen LogP) is 1.69. The zero-order valence-electron chi connectivity index (χ0n) is 13.0. The minimum Gasteiger partial charge on any atom is -0.445 e. The number of carbonyl (C=O) groups is 1. The van der Waals surface area contributed by atoms with Gasteiger partial charge in [-0.2, -0.15) is 0 Å². The molecule has 2 heterocycles. The van der Waals surface area contributed by atoms with Gasteiger partial charge in [0.15, 0.2) is 0 Å². The lowest BCUT2D eigenvalue weighted by Gasteiger charge is -2.40. The molecule has 5 nitrogen and oxygen atoms in total. The molecule has 2 aliphatic rings. The summed E-state index contributed by atoms with van der Waals surface area (Å²) >= 11 is 0. The maximum absolute atomic E-state index is 12.1. The van der Waals surface area contributed by atoms with Crippen molar-refractivity contribution in [3.05, 3.63) is 35.9 Å². The molecule has 22 heavy (non-hydrogen) atoms. The number of rotatable bonds is 3. The number of amides is 1. The molecule has 1 N–H and O–H groups in total. The molecule has 0 bridgehead atoms. The molecule has 1 aromatic rings. The first kappa shape index (κ1) is 15.3. The fourth-order valence-electron chi connectivity index (χ4n) is 3.23. The zero-order valence-corrected chi connectivity index (χ0v) is 13.0. The SMILES string of the molecule is O=C(OCc1ccccc1)N1CCN(C2CCCNC2)CC1. The molecule has 1 atom stereocenters. The molecule has 5 heteroatoms. The Morgan fingerprint density at radius 2 is 1.95 bits per heavy atom. The van der Waals surface area contributed by atoms with Crippen LogP contribution >= 0.6 is 0 Å². The Bertz CT molecular complexity index is 466. The summed E-state index contributed by atoms with van der Waals surface area (Å²) in [6.07, 6.45) is 2.33. The van der Waals surface area contributed by atoms with Crippen molar-refractivity contribution in [2.75, 3.05) is 39.3 Å². The number of piperidine rings is 1. The summed E-state index contributed by atoms with van der Waals surface area (Å²) < 4.78 is 5.40. The number of hydrogen-bond acceptors (Lipinski definition) is 4. The second kappa shape index (κ2) is 7.61. The smallest absolute Gasteiger partial charge is 0.410 e. The van der Waals surface area contributed by atoms with Gasteiger partial charge in [0.05, 0.1) is 0 Å². The topological polar surface area (TPSA) is 44.8 Å². The molecule has 0 radical (unpaired) electrons. The van der Waals surface area contributed by atoms with E-state index >= 15 is 0 Å². The first-order valence-corrected chi connectivity index (χ1v) is 8.23. The number of hydrogen-bond donors (Lipinski definition) is 1. The van der Waals surface area contributed by atoms with Gasteiger partial charge in [-0.15, -0.1) is 0 Å². The van der Waals surface area contributed by atoms with Crippen LogP contribution in [0.1, 0.15) is 18.4 Å². The third-order valence-corrected chi connectivity index (χ3v) is 4.56. The molecule has 0 saturated carbocycles. The third kappa shape index (κ3) is 3.99. The van der Waals surface area contributed by atoms with Crippen LogP contribution in [0.25, 0.3) is 0 Å². The van der Waals surface area contributed by atoms with E-state index in [0.717, 1.165) is 44.8 Å². The van der Waals surface area contributed by atoms with Crippen LogP contribution in [-0.4, -0.2) is 61.2 Å². The molecule has 2 fully saturated rings. The maximum atomic E-state index is 12.1. The van der Waals surface area contributed by atoms with Crippen molar-refractivity contribution in [2.24, 2.45) is 0 Å². The summed E-state index contributed by atoms with van der Waals surface area (Å²) in [5.41, 5.74) is 1.03. The van der Waals surface area contributed by atoms with Crippen LogP contribution in [-0.2, 0) is 11.3 Å². The highest BCUT2D eigenvalue weighted by atomic mass is 16.6. The van der Waals surface area contributed by atoms with Crippen molar-refractivity contribution in [3.8, 4) is 0 Å². The fourth-order valence-corrected chi connectivity index (χ4v) is 3.23. The van der Waals surface area contributed by atoms with Crippen molar-refractivity contribution in [3.63, 3.8) is 0 Å². The van der Waals surface area contributed by atoms with E-state index in [1.165, 1.54) is 12.8 Å². The third-order valence-electron chi connectivity index (χ3n) is 4.56. The largest absolute Gasteiger partial charge is 0.445 e. The van der Waals surface area contributed by atoms with Gasteiger partial charge in [0, 0.05) is 38.8 Å². The van der Waals surface area contributed by atoms with Gasteiger partial charge in [-0.1, -0.05) is 30.3 Å². The van der Waals surface area contributed by atoms with E-state index in [4.69, 9.17) is 4.74 Å². The average molecular weight is 303 g/mol. The average Bonchev–Trinajstić information content (AvgIpc) is 2.61. The fraction of sp³-hybridized carbons (Fsp3) is 0.588. The van der Waals surface area contributed by atoms with Gasteiger partial charge in [-0.05, 0) is 24.9 Å². The highest BCUT2D eigenvalue weighted by molar-refractivity contribution is 5.67. The molecule has 1 unspecified atom stereocenters. The van der Waals surface area contributed by atoms with Crippen molar-refractivity contribution in [2.45, 2.75) is 25.5 Å². The molecule has 1 aromatic carbocycles. The summed E-state index contributed by atoms with van der Waals surface area (Å²) in [5.74, 6) is 0. The lowest BCUT2D eigenvalue weighted by molar-refractivity contribution is 0.0553. The summed E-state index contributed by atoms with van der Waals surface area (Å²) in [7, 11) is 0. The number of nitrogens with zero attached hydrogens (tertiary/aromatic N) is 2. The van der Waals surface area contributed by atoms with E-state index in [0.29, 0.717) is 12.6 Å². The first-order chi connectivity index (χ1) is 10.8. The normalized spacial score (nSPS) is 23.3. The van der Waals surface area contributed by atoms with Gasteiger partial charge < -0.3 is 15.0 Å². The van der Waals surface area contributed by atoms with Crippen LogP contribution in [0.5, 0.6) is 0 Å². The number of carbonyl (C=O) groups excluding carboxylic acids is 1. The van der Waals surface area contributed by atoms with Gasteiger partial charge in [-0.3, -0.25) is 4.90 Å². The molecule has 2 aliphatic heterocycles. The van der Waals surface area contributed by atoms with Gasteiger partial charge in [-0.25, -0.2) is 4.79 Å². The summed E-state index contributed by atoms with van der Waals surface area (Å²) in [6, 6.07) is 10.5. The van der Waals surface area contributed by atoms with E-state index in [-0.39, 0.29) is 6.09 Å². The van der Waals surface area contributed by atoms with Crippen LogP contribution < -0.4 is 5.32 Å². The van der Waals surface area contributed by atoms with Crippen molar-refractivity contribution in [1.82, 2.24) is 15.1 Å². The van der Waals surface area contributed by atoms with Gasteiger partial charge in [0.1, 0.15) is 6.61 Å². The monoisotopic (exact) mass is 303 g/mol. The second-order valence-corrected chi connectivity index (χ2v) is 6.06. The zero-order chi connectivity index (χ0) is 15.2. The van der Waals surface area contributed by atoms with Crippen molar-refractivity contribution >= 4 is 6.09 Å². The molecule has 0 aliphatic carbocycles. The maximum Gasteiger partial charge on any atom is 0.410 e. The van der Waals surface area contributed by atoms with Gasteiger partial charge in [0.2, 0.25) is 0 Å². The Morgan fingerprint density at radius 1 is 1.18 bits per heavy atom. The second-order valence-electron chi connectivity index (χ2n) is 6.06. The Hall–Kier alpha value is -1.59. The summed E-state index contributed by atoms with van der Waals surface area (Å²) in [4.78, 5) is 16.5. The molecular formula is C17H25N3O2. The highest BCUT2D eigenvalue weighted by Crippen LogP contribution is 2.14.